The Bertz CT molecular complexity index is 1600. The monoisotopic (exact) mass is 621 g/mol. The number of aromatic amines is 2. The van der Waals surface area contributed by atoms with E-state index in [1.807, 2.05) is 48.5 Å². The number of amides is 3. The molecule has 10 N–H and O–H groups in total. The zero-order chi connectivity index (χ0) is 31.6. The number of rotatable bonds is 16. The number of unbranched alkanes of at least 4 members (excludes halogenated alkanes) is 1. The molecule has 0 spiro atoms. The van der Waals surface area contributed by atoms with Gasteiger partial charge in [0.1, 0.15) is 18.1 Å². The molecule has 0 aliphatic heterocycles. The van der Waals surface area contributed by atoms with E-state index in [-0.39, 0.29) is 18.6 Å². The number of hydrogen-bond donors (Lipinski definition) is 9. The van der Waals surface area contributed by atoms with Crippen molar-refractivity contribution >= 4 is 58.1 Å². The molecule has 3 amide bonds. The van der Waals surface area contributed by atoms with E-state index in [4.69, 9.17) is 11.5 Å². The predicted octanol–water partition coefficient (Wildman–Crippen LogP) is 1.36. The van der Waals surface area contributed by atoms with Gasteiger partial charge in [0.25, 0.3) is 0 Å². The van der Waals surface area contributed by atoms with Crippen molar-refractivity contribution < 1.29 is 24.3 Å². The number of H-pyrrole nitrogens is 2. The topological polar surface area (TPSA) is 208 Å². The van der Waals surface area contributed by atoms with Crippen LogP contribution in [0.25, 0.3) is 21.8 Å². The molecule has 0 saturated carbocycles. The van der Waals surface area contributed by atoms with Gasteiger partial charge in [0, 0.05) is 52.8 Å². The number of fused-ring (bicyclic) bond motifs is 2. The van der Waals surface area contributed by atoms with E-state index in [0.29, 0.717) is 19.4 Å². The zero-order valence-electron chi connectivity index (χ0n) is 24.2. The van der Waals surface area contributed by atoms with E-state index in [1.165, 1.54) is 0 Å². The maximum absolute atomic E-state index is 13.6. The SMILES string of the molecule is NCCCCC(N)C(=O)NC(Cc1c[nH]c2ccccc12)C(=O)NC(CS)C(=O)NC(Cc1c[nH]c2ccccc12)C(=O)O. The van der Waals surface area contributed by atoms with Crippen molar-refractivity contribution in [2.24, 2.45) is 11.5 Å². The Morgan fingerprint density at radius 2 is 1.25 bits per heavy atom. The van der Waals surface area contributed by atoms with Gasteiger partial charge in [-0.3, -0.25) is 14.4 Å². The van der Waals surface area contributed by atoms with Gasteiger partial charge in [-0.05, 0) is 42.6 Å². The summed E-state index contributed by atoms with van der Waals surface area (Å²) in [6, 6.07) is 10.7. The van der Waals surface area contributed by atoms with Gasteiger partial charge in [0.15, 0.2) is 0 Å². The predicted molar refractivity (Wildman–Crippen MR) is 172 cm³/mol. The quantitative estimate of drug-likeness (QED) is 0.0662. The summed E-state index contributed by atoms with van der Waals surface area (Å²) in [5.41, 5.74) is 14.9. The number of benzene rings is 2. The summed E-state index contributed by atoms with van der Waals surface area (Å²) in [7, 11) is 0. The van der Waals surface area contributed by atoms with Gasteiger partial charge >= 0.3 is 5.97 Å². The molecule has 4 aromatic rings. The summed E-state index contributed by atoms with van der Waals surface area (Å²) in [5, 5.41) is 19.5. The fourth-order valence-corrected chi connectivity index (χ4v) is 5.36. The van der Waals surface area contributed by atoms with Crippen LogP contribution in [0.5, 0.6) is 0 Å². The summed E-state index contributed by atoms with van der Waals surface area (Å²) in [6.45, 7) is 0.484. The molecular weight excluding hydrogens is 582 g/mol. The summed E-state index contributed by atoms with van der Waals surface area (Å²) < 4.78 is 0. The van der Waals surface area contributed by atoms with E-state index in [1.54, 1.807) is 12.4 Å². The van der Waals surface area contributed by atoms with Crippen LogP contribution in [0.4, 0.5) is 0 Å². The third kappa shape index (κ3) is 8.18. The summed E-state index contributed by atoms with van der Waals surface area (Å²) in [6.07, 6.45) is 5.41. The van der Waals surface area contributed by atoms with Crippen LogP contribution in [-0.4, -0.2) is 75.2 Å². The van der Waals surface area contributed by atoms with Crippen molar-refractivity contribution in [3.8, 4) is 0 Å². The molecule has 0 aliphatic rings. The molecule has 234 valence electrons. The third-order valence-electron chi connectivity index (χ3n) is 7.57. The number of carbonyl (C=O) groups is 4. The molecule has 2 aromatic heterocycles. The second kappa shape index (κ2) is 15.4. The highest BCUT2D eigenvalue weighted by molar-refractivity contribution is 7.80. The van der Waals surface area contributed by atoms with Crippen molar-refractivity contribution in [3.63, 3.8) is 0 Å². The fraction of sp³-hybridized carbons (Fsp3) is 0.355. The number of thiol groups is 1. The Labute approximate surface area is 260 Å². The zero-order valence-corrected chi connectivity index (χ0v) is 25.1. The van der Waals surface area contributed by atoms with Crippen molar-refractivity contribution in [2.45, 2.75) is 56.3 Å². The normalized spacial score (nSPS) is 14.1. The minimum Gasteiger partial charge on any atom is -0.480 e. The maximum Gasteiger partial charge on any atom is 0.326 e. The van der Waals surface area contributed by atoms with Crippen LogP contribution in [0.3, 0.4) is 0 Å². The van der Waals surface area contributed by atoms with Gasteiger partial charge in [-0.15, -0.1) is 0 Å². The molecule has 0 aliphatic carbocycles. The molecule has 4 rings (SSSR count). The third-order valence-corrected chi connectivity index (χ3v) is 7.93. The fourth-order valence-electron chi connectivity index (χ4n) is 5.11. The number of carbonyl (C=O) groups excluding carboxylic acids is 3. The lowest BCUT2D eigenvalue weighted by atomic mass is 10.0. The van der Waals surface area contributed by atoms with E-state index >= 15 is 0 Å². The molecule has 13 heteroatoms. The molecule has 0 fully saturated rings. The minimum absolute atomic E-state index is 0.0274. The molecule has 0 bridgehead atoms. The van der Waals surface area contributed by atoms with Crippen LogP contribution in [0, 0.1) is 0 Å². The highest BCUT2D eigenvalue weighted by Crippen LogP contribution is 2.20. The van der Waals surface area contributed by atoms with Crippen molar-refractivity contribution in [2.75, 3.05) is 12.3 Å². The Kier molecular flexibility index (Phi) is 11.4. The Morgan fingerprint density at radius 3 is 1.80 bits per heavy atom. The summed E-state index contributed by atoms with van der Waals surface area (Å²) >= 11 is 4.25. The lowest BCUT2D eigenvalue weighted by molar-refractivity contribution is -0.142. The molecule has 4 unspecified atom stereocenters. The second-order valence-electron chi connectivity index (χ2n) is 10.7. The van der Waals surface area contributed by atoms with Crippen molar-refractivity contribution in [1.29, 1.82) is 0 Å². The molecule has 2 heterocycles. The first-order valence-electron chi connectivity index (χ1n) is 14.5. The van der Waals surface area contributed by atoms with E-state index in [9.17, 15) is 24.3 Å². The summed E-state index contributed by atoms with van der Waals surface area (Å²) in [5.74, 6) is -3.17. The van der Waals surface area contributed by atoms with Gasteiger partial charge < -0.3 is 42.5 Å². The van der Waals surface area contributed by atoms with Crippen LogP contribution >= 0.6 is 12.6 Å². The molecule has 4 atom stereocenters. The Hall–Kier alpha value is -4.33. The van der Waals surface area contributed by atoms with Gasteiger partial charge in [-0.25, -0.2) is 4.79 Å². The van der Waals surface area contributed by atoms with E-state index in [2.05, 4.69) is 38.5 Å². The minimum atomic E-state index is -1.26. The smallest absolute Gasteiger partial charge is 0.326 e. The van der Waals surface area contributed by atoms with Crippen LogP contribution in [0.1, 0.15) is 30.4 Å². The first kappa shape index (κ1) is 32.6. The number of nitrogens with one attached hydrogen (secondary N) is 5. The lowest BCUT2D eigenvalue weighted by Gasteiger charge is -2.24. The number of aromatic nitrogens is 2. The van der Waals surface area contributed by atoms with Crippen LogP contribution in [-0.2, 0) is 32.0 Å². The van der Waals surface area contributed by atoms with Crippen LogP contribution < -0.4 is 27.4 Å². The molecule has 44 heavy (non-hydrogen) atoms. The number of hydrogen-bond acceptors (Lipinski definition) is 7. The number of nitrogens with two attached hydrogens (primary N) is 2. The van der Waals surface area contributed by atoms with E-state index < -0.39 is 47.9 Å². The molecule has 2 aromatic carbocycles. The summed E-state index contributed by atoms with van der Waals surface area (Å²) in [4.78, 5) is 58.2. The second-order valence-corrected chi connectivity index (χ2v) is 11.1. The molecule has 12 nitrogen and oxygen atoms in total. The first-order chi connectivity index (χ1) is 21.2. The standard InChI is InChI=1S/C31H39N7O5S/c32-12-6-5-9-22(33)28(39)36-25(13-18-15-34-23-10-3-1-7-20(18)23)29(40)38-27(17-44)30(41)37-26(31(42)43)14-19-16-35-24-11-4-2-8-21(19)24/h1-4,7-8,10-11,15-16,22,25-27,34-35,44H,5-6,9,12-14,17,32-33H2,(H,36,39)(H,37,41)(H,38,40)(H,42,43). The lowest BCUT2D eigenvalue weighted by Crippen LogP contribution is -2.58. The van der Waals surface area contributed by atoms with Crippen LogP contribution in [0.2, 0.25) is 0 Å². The Balaban J connectivity index is 1.48. The number of carboxylic acids is 1. The highest BCUT2D eigenvalue weighted by Gasteiger charge is 2.31. The maximum atomic E-state index is 13.6. The average molecular weight is 622 g/mol. The highest BCUT2D eigenvalue weighted by atomic mass is 32.1. The Morgan fingerprint density at radius 1 is 0.750 bits per heavy atom. The van der Waals surface area contributed by atoms with E-state index in [0.717, 1.165) is 39.4 Å². The van der Waals surface area contributed by atoms with Crippen molar-refractivity contribution in [3.05, 3.63) is 72.1 Å². The van der Waals surface area contributed by atoms with Gasteiger partial charge in [0.05, 0.1) is 6.04 Å². The van der Waals surface area contributed by atoms with Gasteiger partial charge in [-0.1, -0.05) is 42.8 Å². The largest absolute Gasteiger partial charge is 0.480 e. The number of para-hydroxylation sites is 2. The van der Waals surface area contributed by atoms with Gasteiger partial charge in [0.2, 0.25) is 17.7 Å². The molecule has 0 radical (unpaired) electrons. The first-order valence-corrected chi connectivity index (χ1v) is 15.2. The number of aliphatic carboxylic acids is 1. The number of carboxylic acid groups (broad SMARTS) is 1. The molecular formula is C31H39N7O5S. The molecule has 0 saturated heterocycles. The average Bonchev–Trinajstić information content (AvgIpc) is 3.63. The van der Waals surface area contributed by atoms with Crippen molar-refractivity contribution in [1.82, 2.24) is 25.9 Å². The van der Waals surface area contributed by atoms with Crippen LogP contribution in [0.15, 0.2) is 60.9 Å². The van der Waals surface area contributed by atoms with Gasteiger partial charge in [-0.2, -0.15) is 12.6 Å².